The van der Waals surface area contributed by atoms with Crippen LogP contribution in [0.5, 0.6) is 5.75 Å². The summed E-state index contributed by atoms with van der Waals surface area (Å²) < 4.78 is 24.5. The van der Waals surface area contributed by atoms with Crippen LogP contribution >= 0.6 is 0 Å². The molecule has 0 bridgehead atoms. The molecule has 2 aromatic carbocycles. The molecule has 0 saturated heterocycles. The Morgan fingerprint density at radius 3 is 2.65 bits per heavy atom. The van der Waals surface area contributed by atoms with Gasteiger partial charge in [0, 0.05) is 10.8 Å². The van der Waals surface area contributed by atoms with Crippen LogP contribution in [0.3, 0.4) is 0 Å². The Labute approximate surface area is 97.6 Å². The molecule has 1 aromatic heterocycles. The summed E-state index contributed by atoms with van der Waals surface area (Å²) in [7, 11) is 1.44. The van der Waals surface area contributed by atoms with E-state index in [0.29, 0.717) is 5.58 Å². The predicted octanol–water partition coefficient (Wildman–Crippen LogP) is 4.04. The van der Waals surface area contributed by atoms with Crippen LogP contribution < -0.4 is 4.74 Å². The summed E-state index contributed by atoms with van der Waals surface area (Å²) in [5.74, 6) is -0.243. The van der Waals surface area contributed by atoms with Gasteiger partial charge < -0.3 is 9.15 Å². The zero-order valence-electron chi connectivity index (χ0n) is 9.58. The first kappa shape index (κ1) is 10.1. The van der Waals surface area contributed by atoms with Crippen molar-refractivity contribution in [3.05, 3.63) is 41.7 Å². The van der Waals surface area contributed by atoms with E-state index in [9.17, 15) is 4.39 Å². The van der Waals surface area contributed by atoms with Crippen molar-refractivity contribution in [2.24, 2.45) is 0 Å². The zero-order chi connectivity index (χ0) is 12.0. The average Bonchev–Trinajstić information content (AvgIpc) is 2.68. The van der Waals surface area contributed by atoms with Crippen molar-refractivity contribution in [1.29, 1.82) is 0 Å². The highest BCUT2D eigenvalue weighted by molar-refractivity contribution is 6.05. The van der Waals surface area contributed by atoms with E-state index >= 15 is 0 Å². The third kappa shape index (κ3) is 1.39. The standard InChI is InChI=1S/C14H11FO2/c1-8-3-4-9-10-5-6-11(16-2)13(15)14(10)17-12(9)7-8/h3-7H,1-2H3. The lowest BCUT2D eigenvalue weighted by Gasteiger charge is -2.00. The number of methoxy groups -OCH3 is 1. The molecule has 0 unspecified atom stereocenters. The molecular weight excluding hydrogens is 219 g/mol. The smallest absolute Gasteiger partial charge is 0.208 e. The van der Waals surface area contributed by atoms with Gasteiger partial charge in [0.1, 0.15) is 5.58 Å². The summed E-state index contributed by atoms with van der Waals surface area (Å²) >= 11 is 0. The molecule has 0 spiro atoms. The second-order valence-electron chi connectivity index (χ2n) is 4.06. The zero-order valence-corrected chi connectivity index (χ0v) is 9.58. The van der Waals surface area contributed by atoms with Crippen LogP contribution in [0.25, 0.3) is 21.9 Å². The highest BCUT2D eigenvalue weighted by atomic mass is 19.1. The van der Waals surface area contributed by atoms with Crippen LogP contribution in [-0.2, 0) is 0 Å². The van der Waals surface area contributed by atoms with Gasteiger partial charge >= 0.3 is 0 Å². The van der Waals surface area contributed by atoms with Crippen molar-refractivity contribution in [2.45, 2.75) is 6.92 Å². The maximum Gasteiger partial charge on any atom is 0.208 e. The number of hydrogen-bond donors (Lipinski definition) is 0. The summed E-state index contributed by atoms with van der Waals surface area (Å²) in [4.78, 5) is 0. The number of furan rings is 1. The Morgan fingerprint density at radius 1 is 1.12 bits per heavy atom. The molecule has 0 aliphatic heterocycles. The lowest BCUT2D eigenvalue weighted by atomic mass is 10.1. The van der Waals surface area contributed by atoms with Gasteiger partial charge in [-0.15, -0.1) is 0 Å². The van der Waals surface area contributed by atoms with Gasteiger partial charge in [-0.25, -0.2) is 0 Å². The topological polar surface area (TPSA) is 22.4 Å². The summed E-state index contributed by atoms with van der Waals surface area (Å²) in [5, 5.41) is 1.70. The van der Waals surface area contributed by atoms with Crippen molar-refractivity contribution in [3.63, 3.8) is 0 Å². The largest absolute Gasteiger partial charge is 0.494 e. The third-order valence-electron chi connectivity index (χ3n) is 2.92. The molecule has 0 atom stereocenters. The predicted molar refractivity (Wildman–Crippen MR) is 65.0 cm³/mol. The minimum absolute atomic E-state index is 0.202. The normalized spacial score (nSPS) is 11.2. The van der Waals surface area contributed by atoms with Crippen molar-refractivity contribution in [1.82, 2.24) is 0 Å². The van der Waals surface area contributed by atoms with Gasteiger partial charge in [-0.2, -0.15) is 4.39 Å². The van der Waals surface area contributed by atoms with Crippen LogP contribution in [0.1, 0.15) is 5.56 Å². The third-order valence-corrected chi connectivity index (χ3v) is 2.92. The van der Waals surface area contributed by atoms with E-state index in [1.807, 2.05) is 31.2 Å². The summed E-state index contributed by atoms with van der Waals surface area (Å²) in [6.07, 6.45) is 0. The molecule has 3 heteroatoms. The fourth-order valence-electron chi connectivity index (χ4n) is 2.05. The van der Waals surface area contributed by atoms with Crippen molar-refractivity contribution in [3.8, 4) is 5.75 Å². The van der Waals surface area contributed by atoms with Gasteiger partial charge in [-0.3, -0.25) is 0 Å². The van der Waals surface area contributed by atoms with Crippen LogP contribution in [-0.4, -0.2) is 7.11 Å². The maximum atomic E-state index is 14.0. The van der Waals surface area contributed by atoms with Crippen LogP contribution in [0, 0.1) is 12.7 Å². The molecule has 86 valence electrons. The van der Waals surface area contributed by atoms with Gasteiger partial charge in [-0.05, 0) is 30.7 Å². The Bertz CT molecular complexity index is 713. The number of fused-ring (bicyclic) bond motifs is 3. The second kappa shape index (κ2) is 3.48. The Morgan fingerprint density at radius 2 is 1.88 bits per heavy atom. The summed E-state index contributed by atoms with van der Waals surface area (Å²) in [6.45, 7) is 1.98. The van der Waals surface area contributed by atoms with Crippen LogP contribution in [0.2, 0.25) is 0 Å². The van der Waals surface area contributed by atoms with E-state index < -0.39 is 5.82 Å². The Hall–Kier alpha value is -2.03. The molecule has 3 rings (SSSR count). The van der Waals surface area contributed by atoms with Crippen molar-refractivity contribution < 1.29 is 13.5 Å². The molecule has 0 amide bonds. The molecule has 0 N–H and O–H groups in total. The lowest BCUT2D eigenvalue weighted by molar-refractivity contribution is 0.386. The quantitative estimate of drug-likeness (QED) is 0.629. The van der Waals surface area contributed by atoms with E-state index in [-0.39, 0.29) is 11.3 Å². The van der Waals surface area contributed by atoms with E-state index in [4.69, 9.17) is 9.15 Å². The van der Waals surface area contributed by atoms with Gasteiger partial charge in [-0.1, -0.05) is 12.1 Å². The highest BCUT2D eigenvalue weighted by Gasteiger charge is 2.14. The van der Waals surface area contributed by atoms with Crippen molar-refractivity contribution >= 4 is 21.9 Å². The number of halogens is 1. The van der Waals surface area contributed by atoms with E-state index in [2.05, 4.69) is 0 Å². The summed E-state index contributed by atoms with van der Waals surface area (Å²) in [6, 6.07) is 9.27. The molecule has 0 radical (unpaired) electrons. The average molecular weight is 230 g/mol. The molecule has 3 aromatic rings. The van der Waals surface area contributed by atoms with E-state index in [1.54, 1.807) is 6.07 Å². The number of rotatable bonds is 1. The minimum Gasteiger partial charge on any atom is -0.494 e. The maximum absolute atomic E-state index is 14.0. The second-order valence-corrected chi connectivity index (χ2v) is 4.06. The number of benzene rings is 2. The fraction of sp³-hybridized carbons (Fsp3) is 0.143. The van der Waals surface area contributed by atoms with E-state index in [1.165, 1.54) is 7.11 Å². The highest BCUT2D eigenvalue weighted by Crippen LogP contribution is 2.34. The number of aryl methyl sites for hydroxylation is 1. The Balaban J connectivity index is 2.46. The van der Waals surface area contributed by atoms with Gasteiger partial charge in [0.15, 0.2) is 11.3 Å². The van der Waals surface area contributed by atoms with Gasteiger partial charge in [0.05, 0.1) is 7.11 Å². The monoisotopic (exact) mass is 230 g/mol. The van der Waals surface area contributed by atoms with Crippen molar-refractivity contribution in [2.75, 3.05) is 7.11 Å². The molecule has 17 heavy (non-hydrogen) atoms. The molecule has 2 nitrogen and oxygen atoms in total. The lowest BCUT2D eigenvalue weighted by Crippen LogP contribution is -1.87. The minimum atomic E-state index is -0.446. The fourth-order valence-corrected chi connectivity index (χ4v) is 2.05. The molecule has 0 aliphatic rings. The van der Waals surface area contributed by atoms with Gasteiger partial charge in [0.2, 0.25) is 5.82 Å². The summed E-state index contributed by atoms with van der Waals surface area (Å²) in [5.41, 5.74) is 2.04. The first-order valence-electron chi connectivity index (χ1n) is 5.36. The number of ether oxygens (including phenoxy) is 1. The van der Waals surface area contributed by atoms with E-state index in [0.717, 1.165) is 16.3 Å². The molecule has 0 saturated carbocycles. The molecule has 0 fully saturated rings. The first-order chi connectivity index (χ1) is 8.20. The Kier molecular flexibility index (Phi) is 2.08. The van der Waals surface area contributed by atoms with Crippen LogP contribution in [0.4, 0.5) is 4.39 Å². The van der Waals surface area contributed by atoms with Gasteiger partial charge in [0.25, 0.3) is 0 Å². The molecular formula is C14H11FO2. The van der Waals surface area contributed by atoms with Crippen LogP contribution in [0.15, 0.2) is 34.7 Å². The first-order valence-corrected chi connectivity index (χ1v) is 5.36. The number of hydrogen-bond acceptors (Lipinski definition) is 2. The SMILES string of the molecule is COc1ccc2c(oc3cc(C)ccc32)c1F. The molecule has 1 heterocycles. The molecule has 0 aliphatic carbocycles.